The molecule has 1 saturated heterocycles. The minimum absolute atomic E-state index is 0.682. The first-order valence-corrected chi connectivity index (χ1v) is 8.63. The maximum absolute atomic E-state index is 3.75. The molecule has 2 nitrogen and oxygen atoms in total. The van der Waals surface area contributed by atoms with E-state index in [0.717, 1.165) is 12.5 Å². The van der Waals surface area contributed by atoms with Gasteiger partial charge in [-0.2, -0.15) is 0 Å². The van der Waals surface area contributed by atoms with Crippen molar-refractivity contribution in [2.75, 3.05) is 19.6 Å². The third-order valence-electron chi connectivity index (χ3n) is 4.88. The van der Waals surface area contributed by atoms with Crippen LogP contribution in [-0.4, -0.2) is 36.6 Å². The van der Waals surface area contributed by atoms with Crippen LogP contribution in [0.25, 0.3) is 0 Å². The number of nitrogens with zero attached hydrogens (tertiary/aromatic N) is 1. The number of nitrogens with one attached hydrogen (secondary N) is 1. The summed E-state index contributed by atoms with van der Waals surface area (Å²) in [5.74, 6) is 0.719. The number of aryl methyl sites for hydroxylation is 1. The normalized spacial score (nSPS) is 23.7. The van der Waals surface area contributed by atoms with Crippen molar-refractivity contribution in [2.24, 2.45) is 5.92 Å². The molecule has 0 amide bonds. The Balaban J connectivity index is 1.97. The number of hydrogen-bond acceptors (Lipinski definition) is 2. The van der Waals surface area contributed by atoms with Crippen LogP contribution in [-0.2, 0) is 6.42 Å². The van der Waals surface area contributed by atoms with Crippen molar-refractivity contribution in [3.63, 3.8) is 0 Å². The molecular weight excluding hydrogens is 256 g/mol. The Kier molecular flexibility index (Phi) is 6.25. The molecule has 0 saturated carbocycles. The zero-order chi connectivity index (χ0) is 15.2. The monoisotopic (exact) mass is 288 g/mol. The Morgan fingerprint density at radius 2 is 2.05 bits per heavy atom. The SMILES string of the molecule is CCCC1CN(CCc2ccccc2C)C(C(C)C)CN1. The number of rotatable bonds is 6. The van der Waals surface area contributed by atoms with Crippen molar-refractivity contribution in [1.82, 2.24) is 10.2 Å². The van der Waals surface area contributed by atoms with Gasteiger partial charge in [-0.25, -0.2) is 0 Å². The van der Waals surface area contributed by atoms with Crippen molar-refractivity contribution < 1.29 is 0 Å². The fourth-order valence-corrected chi connectivity index (χ4v) is 3.51. The van der Waals surface area contributed by atoms with Crippen molar-refractivity contribution in [3.8, 4) is 0 Å². The lowest BCUT2D eigenvalue weighted by atomic mass is 9.96. The summed E-state index contributed by atoms with van der Waals surface area (Å²) in [6.07, 6.45) is 3.75. The summed E-state index contributed by atoms with van der Waals surface area (Å²) < 4.78 is 0. The van der Waals surface area contributed by atoms with Crippen LogP contribution in [0.1, 0.15) is 44.7 Å². The molecule has 1 fully saturated rings. The lowest BCUT2D eigenvalue weighted by Gasteiger charge is -2.42. The van der Waals surface area contributed by atoms with Crippen molar-refractivity contribution in [1.29, 1.82) is 0 Å². The van der Waals surface area contributed by atoms with Gasteiger partial charge in [-0.15, -0.1) is 0 Å². The quantitative estimate of drug-likeness (QED) is 0.860. The van der Waals surface area contributed by atoms with Crippen LogP contribution in [0.5, 0.6) is 0 Å². The second-order valence-electron chi connectivity index (χ2n) is 6.88. The molecule has 1 aromatic rings. The molecule has 1 heterocycles. The molecule has 0 aliphatic carbocycles. The van der Waals surface area contributed by atoms with Gasteiger partial charge < -0.3 is 5.32 Å². The number of benzene rings is 1. The lowest BCUT2D eigenvalue weighted by molar-refractivity contribution is 0.0969. The largest absolute Gasteiger partial charge is 0.311 e. The van der Waals surface area contributed by atoms with Gasteiger partial charge >= 0.3 is 0 Å². The highest BCUT2D eigenvalue weighted by Gasteiger charge is 2.28. The molecule has 0 radical (unpaired) electrons. The molecule has 2 atom stereocenters. The van der Waals surface area contributed by atoms with Gasteiger partial charge in [0.2, 0.25) is 0 Å². The zero-order valence-electron chi connectivity index (χ0n) is 14.2. The van der Waals surface area contributed by atoms with Crippen LogP contribution in [0.15, 0.2) is 24.3 Å². The van der Waals surface area contributed by atoms with Crippen molar-refractivity contribution in [3.05, 3.63) is 35.4 Å². The molecule has 1 N–H and O–H groups in total. The first-order chi connectivity index (χ1) is 10.1. The van der Waals surface area contributed by atoms with E-state index in [-0.39, 0.29) is 0 Å². The Labute approximate surface area is 130 Å². The third kappa shape index (κ3) is 4.55. The van der Waals surface area contributed by atoms with E-state index in [9.17, 15) is 0 Å². The van der Waals surface area contributed by atoms with Gasteiger partial charge in [0.25, 0.3) is 0 Å². The topological polar surface area (TPSA) is 15.3 Å². The Morgan fingerprint density at radius 3 is 2.71 bits per heavy atom. The van der Waals surface area contributed by atoms with Crippen LogP contribution in [0.4, 0.5) is 0 Å². The van der Waals surface area contributed by atoms with Crippen LogP contribution in [0, 0.1) is 12.8 Å². The van der Waals surface area contributed by atoms with E-state index < -0.39 is 0 Å². The summed E-state index contributed by atoms with van der Waals surface area (Å²) in [5.41, 5.74) is 2.93. The first-order valence-electron chi connectivity index (χ1n) is 8.63. The average Bonchev–Trinajstić information content (AvgIpc) is 2.46. The highest BCUT2D eigenvalue weighted by atomic mass is 15.2. The van der Waals surface area contributed by atoms with Gasteiger partial charge in [-0.3, -0.25) is 4.90 Å². The molecule has 1 aliphatic heterocycles. The predicted octanol–water partition coefficient (Wildman–Crippen LogP) is 3.64. The van der Waals surface area contributed by atoms with E-state index in [4.69, 9.17) is 0 Å². The molecule has 2 rings (SSSR count). The Morgan fingerprint density at radius 1 is 1.29 bits per heavy atom. The Bertz CT molecular complexity index is 427. The van der Waals surface area contributed by atoms with E-state index in [2.05, 4.69) is 62.2 Å². The van der Waals surface area contributed by atoms with E-state index in [1.165, 1.54) is 43.5 Å². The second-order valence-corrected chi connectivity index (χ2v) is 6.88. The number of hydrogen-bond donors (Lipinski definition) is 1. The summed E-state index contributed by atoms with van der Waals surface area (Å²) >= 11 is 0. The smallest absolute Gasteiger partial charge is 0.0244 e. The maximum atomic E-state index is 3.75. The van der Waals surface area contributed by atoms with Crippen LogP contribution >= 0.6 is 0 Å². The van der Waals surface area contributed by atoms with Gasteiger partial charge in [-0.05, 0) is 36.8 Å². The van der Waals surface area contributed by atoms with Gasteiger partial charge in [0.15, 0.2) is 0 Å². The molecule has 2 heteroatoms. The van der Waals surface area contributed by atoms with E-state index in [0.29, 0.717) is 12.1 Å². The maximum Gasteiger partial charge on any atom is 0.0244 e. The highest BCUT2D eigenvalue weighted by molar-refractivity contribution is 5.25. The molecule has 21 heavy (non-hydrogen) atoms. The molecule has 1 aliphatic rings. The average molecular weight is 288 g/mol. The van der Waals surface area contributed by atoms with E-state index in [1.807, 2.05) is 0 Å². The Hall–Kier alpha value is -0.860. The third-order valence-corrected chi connectivity index (χ3v) is 4.88. The summed E-state index contributed by atoms with van der Waals surface area (Å²) in [6, 6.07) is 10.2. The van der Waals surface area contributed by atoms with E-state index in [1.54, 1.807) is 0 Å². The molecule has 0 spiro atoms. The molecule has 0 aromatic heterocycles. The van der Waals surface area contributed by atoms with Gasteiger partial charge in [0.1, 0.15) is 0 Å². The number of piperazine rings is 1. The highest BCUT2D eigenvalue weighted by Crippen LogP contribution is 2.18. The molecule has 118 valence electrons. The van der Waals surface area contributed by atoms with Gasteiger partial charge in [-0.1, -0.05) is 51.5 Å². The summed E-state index contributed by atoms with van der Waals surface area (Å²) in [4.78, 5) is 2.73. The van der Waals surface area contributed by atoms with E-state index >= 15 is 0 Å². The van der Waals surface area contributed by atoms with Crippen LogP contribution in [0.3, 0.4) is 0 Å². The van der Waals surface area contributed by atoms with Crippen molar-refractivity contribution in [2.45, 2.75) is 59.0 Å². The van der Waals surface area contributed by atoms with Crippen LogP contribution < -0.4 is 5.32 Å². The minimum atomic E-state index is 0.682. The fourth-order valence-electron chi connectivity index (χ4n) is 3.51. The van der Waals surface area contributed by atoms with Crippen LogP contribution in [0.2, 0.25) is 0 Å². The summed E-state index contributed by atoms with van der Waals surface area (Å²) in [5, 5.41) is 3.75. The summed E-state index contributed by atoms with van der Waals surface area (Å²) in [7, 11) is 0. The first kappa shape index (κ1) is 16.5. The fraction of sp³-hybridized carbons (Fsp3) is 0.684. The van der Waals surface area contributed by atoms with Crippen molar-refractivity contribution >= 4 is 0 Å². The summed E-state index contributed by atoms with van der Waals surface area (Å²) in [6.45, 7) is 12.8. The molecule has 2 unspecified atom stereocenters. The minimum Gasteiger partial charge on any atom is -0.311 e. The molecule has 0 bridgehead atoms. The second kappa shape index (κ2) is 7.95. The van der Waals surface area contributed by atoms with Gasteiger partial charge in [0.05, 0.1) is 0 Å². The molecule has 1 aromatic carbocycles. The zero-order valence-corrected chi connectivity index (χ0v) is 14.2. The lowest BCUT2D eigenvalue weighted by Crippen LogP contribution is -2.58. The predicted molar refractivity (Wildman–Crippen MR) is 91.8 cm³/mol. The molecular formula is C19H32N2. The van der Waals surface area contributed by atoms with Gasteiger partial charge in [0, 0.05) is 31.7 Å². The standard InChI is InChI=1S/C19H32N2/c1-5-8-18-14-21(19(13-20-18)15(2)3)12-11-17-10-7-6-9-16(17)4/h6-7,9-10,15,18-20H,5,8,11-14H2,1-4H3.